The molecule has 0 radical (unpaired) electrons. The van der Waals surface area contributed by atoms with E-state index in [1.807, 2.05) is 18.2 Å². The second-order valence-electron chi connectivity index (χ2n) is 9.62. The van der Waals surface area contributed by atoms with Gasteiger partial charge < -0.3 is 30.8 Å². The molecule has 1 unspecified atom stereocenters. The van der Waals surface area contributed by atoms with Gasteiger partial charge in [-0.05, 0) is 55.0 Å². The number of rotatable bonds is 11. The lowest BCUT2D eigenvalue weighted by atomic mass is 10.0. The van der Waals surface area contributed by atoms with Crippen molar-refractivity contribution in [3.8, 4) is 0 Å². The molecule has 0 saturated heterocycles. The minimum atomic E-state index is -1.17. The van der Waals surface area contributed by atoms with Crippen molar-refractivity contribution >= 4 is 40.6 Å². The van der Waals surface area contributed by atoms with Crippen LogP contribution in [0.3, 0.4) is 0 Å². The summed E-state index contributed by atoms with van der Waals surface area (Å²) in [7, 11) is 1.15. The van der Waals surface area contributed by atoms with E-state index in [1.54, 1.807) is 12.1 Å². The Labute approximate surface area is 230 Å². The first-order valence-electron chi connectivity index (χ1n) is 12.7. The minimum absolute atomic E-state index is 0.0599. The number of nitrogens with one attached hydrogen (secondary N) is 2. The van der Waals surface area contributed by atoms with E-state index >= 15 is 0 Å². The Morgan fingerprint density at radius 1 is 1.15 bits per heavy atom. The number of aromatic nitrogens is 2. The van der Waals surface area contributed by atoms with Crippen molar-refractivity contribution in [1.29, 1.82) is 0 Å². The maximum Gasteiger partial charge on any atom is 0.416 e. The molecule has 0 aliphatic carbocycles. The van der Waals surface area contributed by atoms with E-state index in [-0.39, 0.29) is 25.1 Å². The van der Waals surface area contributed by atoms with E-state index in [0.29, 0.717) is 23.5 Å². The first-order chi connectivity index (χ1) is 19.0. The highest BCUT2D eigenvalue weighted by atomic mass is 16.5. The molecule has 212 valence electrons. The van der Waals surface area contributed by atoms with Crippen molar-refractivity contribution in [3.05, 3.63) is 76.4 Å². The number of benzene rings is 1. The molecule has 2 aromatic heterocycles. The van der Waals surface area contributed by atoms with Gasteiger partial charge in [-0.15, -0.1) is 0 Å². The number of anilines is 1. The van der Waals surface area contributed by atoms with Crippen LogP contribution < -0.4 is 21.9 Å². The Kier molecular flexibility index (Phi) is 9.85. The molecule has 0 spiro atoms. The van der Waals surface area contributed by atoms with Crippen LogP contribution in [0.1, 0.15) is 37.9 Å². The third-order valence-corrected chi connectivity index (χ3v) is 6.11. The predicted molar refractivity (Wildman–Crippen MR) is 149 cm³/mol. The van der Waals surface area contributed by atoms with E-state index < -0.39 is 35.6 Å². The first-order valence-corrected chi connectivity index (χ1v) is 12.7. The molecule has 1 atom stereocenters. The van der Waals surface area contributed by atoms with Crippen molar-refractivity contribution in [1.82, 2.24) is 14.5 Å². The highest BCUT2D eigenvalue weighted by molar-refractivity contribution is 5.96. The zero-order chi connectivity index (χ0) is 29.4. The number of para-hydroxylation sites is 1. The molecule has 12 nitrogen and oxygen atoms in total. The van der Waals surface area contributed by atoms with Gasteiger partial charge in [-0.25, -0.2) is 14.2 Å². The number of nitrogens with zero attached hydrogens (tertiary/aromatic N) is 2. The molecule has 3 aromatic rings. The van der Waals surface area contributed by atoms with Gasteiger partial charge >= 0.3 is 12.2 Å². The minimum Gasteiger partial charge on any atom is -0.464 e. The number of allylic oxidation sites excluding steroid dienone is 1. The molecule has 0 fully saturated rings. The molecule has 3 rings (SSSR count). The van der Waals surface area contributed by atoms with Crippen molar-refractivity contribution in [2.75, 3.05) is 12.4 Å². The molecule has 5 N–H and O–H groups in total. The standard InChI is InChI=1S/C28H33N5O7/c1-17(2)14-18-8-6-9-19-15-20(33(24(18)19)28(38)39)16-32-13-7-11-22(26(32)36)30-25(35)21(31-27(37)40-3)10-4-5-12-23(29)34/h5-9,11-13,15,17,21H,4,10,14,16H2,1-3H3,(H2,29,34)(H,30,35)(H,31,37)(H,38,39)/b12-5+. The van der Waals surface area contributed by atoms with Crippen LogP contribution in [0.4, 0.5) is 15.3 Å². The number of carbonyl (C=O) groups is 4. The molecule has 1 aromatic carbocycles. The Morgan fingerprint density at radius 3 is 2.55 bits per heavy atom. The van der Waals surface area contributed by atoms with Gasteiger partial charge in [-0.1, -0.05) is 38.1 Å². The monoisotopic (exact) mass is 551 g/mol. The van der Waals surface area contributed by atoms with Crippen LogP contribution in [-0.4, -0.2) is 51.4 Å². The maximum atomic E-state index is 13.3. The smallest absolute Gasteiger partial charge is 0.416 e. The van der Waals surface area contributed by atoms with Crippen molar-refractivity contribution in [2.24, 2.45) is 11.7 Å². The summed E-state index contributed by atoms with van der Waals surface area (Å²) in [5.74, 6) is -1.01. The summed E-state index contributed by atoms with van der Waals surface area (Å²) in [6, 6.07) is 9.22. The Morgan fingerprint density at radius 2 is 1.90 bits per heavy atom. The maximum absolute atomic E-state index is 13.3. The van der Waals surface area contributed by atoms with Crippen LogP contribution in [0.15, 0.2) is 59.5 Å². The number of alkyl carbamates (subject to hydrolysis) is 1. The third-order valence-electron chi connectivity index (χ3n) is 6.11. The van der Waals surface area contributed by atoms with Gasteiger partial charge in [0.15, 0.2) is 0 Å². The van der Waals surface area contributed by atoms with E-state index in [2.05, 4.69) is 29.2 Å². The average molecular weight is 552 g/mol. The molecule has 12 heteroatoms. The summed E-state index contributed by atoms with van der Waals surface area (Å²) in [5, 5.41) is 15.7. The fourth-order valence-electron chi connectivity index (χ4n) is 4.41. The second-order valence-corrected chi connectivity index (χ2v) is 9.62. The largest absolute Gasteiger partial charge is 0.464 e. The predicted octanol–water partition coefficient (Wildman–Crippen LogP) is 3.06. The lowest BCUT2D eigenvalue weighted by molar-refractivity contribution is -0.118. The number of carboxylic acid groups (broad SMARTS) is 1. The molecule has 0 saturated carbocycles. The molecule has 40 heavy (non-hydrogen) atoms. The van der Waals surface area contributed by atoms with Gasteiger partial charge in [0.2, 0.25) is 11.8 Å². The first kappa shape index (κ1) is 29.7. The van der Waals surface area contributed by atoms with E-state index in [9.17, 15) is 29.1 Å². The number of pyridine rings is 1. The van der Waals surface area contributed by atoms with Crippen LogP contribution in [0.2, 0.25) is 0 Å². The number of fused-ring (bicyclic) bond motifs is 1. The lowest BCUT2D eigenvalue weighted by Crippen LogP contribution is -2.44. The second kappa shape index (κ2) is 13.3. The summed E-state index contributed by atoms with van der Waals surface area (Å²) in [6.07, 6.45) is 3.12. The van der Waals surface area contributed by atoms with Gasteiger partial charge in [0.1, 0.15) is 11.7 Å². The summed E-state index contributed by atoms with van der Waals surface area (Å²) in [6.45, 7) is 4.04. The zero-order valence-corrected chi connectivity index (χ0v) is 22.5. The summed E-state index contributed by atoms with van der Waals surface area (Å²) >= 11 is 0. The number of amides is 3. The van der Waals surface area contributed by atoms with E-state index in [0.717, 1.165) is 24.1 Å². The van der Waals surface area contributed by atoms with E-state index in [4.69, 9.17) is 5.73 Å². The van der Waals surface area contributed by atoms with Crippen LogP contribution in [0, 0.1) is 5.92 Å². The number of primary amides is 1. The van der Waals surface area contributed by atoms with Gasteiger partial charge in [-0.2, -0.15) is 0 Å². The van der Waals surface area contributed by atoms with E-state index in [1.165, 1.54) is 27.5 Å². The Balaban J connectivity index is 1.90. The normalized spacial score (nSPS) is 12.0. The number of nitrogens with two attached hydrogens (primary N) is 1. The van der Waals surface area contributed by atoms with Gasteiger partial charge in [-0.3, -0.25) is 14.4 Å². The number of methoxy groups -OCH3 is 1. The highest BCUT2D eigenvalue weighted by Gasteiger charge is 2.23. The van der Waals surface area contributed by atoms with Crippen LogP contribution >= 0.6 is 0 Å². The van der Waals surface area contributed by atoms with Gasteiger partial charge in [0, 0.05) is 11.6 Å². The number of hydrogen-bond donors (Lipinski definition) is 4. The number of ether oxygens (including phenoxy) is 1. The molecule has 0 bridgehead atoms. The lowest BCUT2D eigenvalue weighted by Gasteiger charge is -2.17. The molecule has 0 aliphatic rings. The summed E-state index contributed by atoms with van der Waals surface area (Å²) < 4.78 is 7.07. The molecule has 3 amide bonds. The molecule has 0 aliphatic heterocycles. The Hall–Kier alpha value is -4.87. The van der Waals surface area contributed by atoms with Crippen molar-refractivity contribution < 1.29 is 29.0 Å². The SMILES string of the molecule is COC(=O)NC(CC/C=C/C(N)=O)C(=O)Nc1cccn(Cc2cc3cccc(CC(C)C)c3n2C(=O)O)c1=O. The fourth-order valence-corrected chi connectivity index (χ4v) is 4.41. The van der Waals surface area contributed by atoms with Crippen LogP contribution in [0.5, 0.6) is 0 Å². The number of carbonyl (C=O) groups excluding carboxylic acids is 3. The summed E-state index contributed by atoms with van der Waals surface area (Å²) in [4.78, 5) is 61.2. The molecular formula is C28H33N5O7. The van der Waals surface area contributed by atoms with Gasteiger partial charge in [0.25, 0.3) is 5.56 Å². The van der Waals surface area contributed by atoms with Gasteiger partial charge in [0.05, 0.1) is 24.9 Å². The van der Waals surface area contributed by atoms with Crippen LogP contribution in [-0.2, 0) is 27.3 Å². The molecule has 2 heterocycles. The third kappa shape index (κ3) is 7.37. The number of hydrogen-bond acceptors (Lipinski definition) is 6. The quantitative estimate of drug-likeness (QED) is 0.265. The van der Waals surface area contributed by atoms with Crippen LogP contribution in [0.25, 0.3) is 10.9 Å². The molecular weight excluding hydrogens is 518 g/mol. The Bertz CT molecular complexity index is 1500. The topological polar surface area (TPSA) is 175 Å². The fraction of sp³-hybridized carbons (Fsp3) is 0.321. The van der Waals surface area contributed by atoms with Crippen molar-refractivity contribution in [2.45, 2.75) is 45.7 Å². The van der Waals surface area contributed by atoms with Crippen molar-refractivity contribution in [3.63, 3.8) is 0 Å². The summed E-state index contributed by atoms with van der Waals surface area (Å²) in [5.41, 5.74) is 6.30. The zero-order valence-electron chi connectivity index (χ0n) is 22.5. The average Bonchev–Trinajstić information content (AvgIpc) is 3.26. The highest BCUT2D eigenvalue weighted by Crippen LogP contribution is 2.26.